The molecule has 1 heterocycles. The Bertz CT molecular complexity index is 693. The van der Waals surface area contributed by atoms with Gasteiger partial charge in [-0.1, -0.05) is 35.9 Å². The molecule has 2 aromatic carbocycles. The van der Waals surface area contributed by atoms with E-state index in [1.165, 1.54) is 5.56 Å². The summed E-state index contributed by atoms with van der Waals surface area (Å²) >= 11 is 0. The van der Waals surface area contributed by atoms with E-state index in [1.54, 1.807) is 4.90 Å². The van der Waals surface area contributed by atoms with Crippen molar-refractivity contribution in [3.05, 3.63) is 59.2 Å². The number of ether oxygens (including phenoxy) is 1. The maximum atomic E-state index is 12.3. The van der Waals surface area contributed by atoms with Gasteiger partial charge in [-0.3, -0.25) is 4.79 Å². The second kappa shape index (κ2) is 5.81. The molecule has 114 valence electrons. The molecule has 1 unspecified atom stereocenters. The van der Waals surface area contributed by atoms with Gasteiger partial charge in [0.2, 0.25) is 0 Å². The minimum Gasteiger partial charge on any atom is -0.482 e. The summed E-state index contributed by atoms with van der Waals surface area (Å²) in [6.45, 7) is 4.60. The summed E-state index contributed by atoms with van der Waals surface area (Å²) in [6.07, 6.45) is 0. The summed E-state index contributed by atoms with van der Waals surface area (Å²) < 4.78 is 5.53. The van der Waals surface area contributed by atoms with Crippen molar-refractivity contribution in [3.8, 4) is 5.75 Å². The Morgan fingerprint density at radius 1 is 1.23 bits per heavy atom. The fourth-order valence-electron chi connectivity index (χ4n) is 2.55. The van der Waals surface area contributed by atoms with Gasteiger partial charge >= 0.3 is 0 Å². The molecule has 1 aliphatic rings. The minimum atomic E-state index is -0.0800. The average Bonchev–Trinajstić information content (AvgIpc) is 2.51. The lowest BCUT2D eigenvalue weighted by molar-refractivity contribution is -0.121. The summed E-state index contributed by atoms with van der Waals surface area (Å²) in [4.78, 5) is 14.1. The van der Waals surface area contributed by atoms with Gasteiger partial charge in [0.25, 0.3) is 5.91 Å². The number of amides is 1. The maximum absolute atomic E-state index is 12.3. The van der Waals surface area contributed by atoms with Gasteiger partial charge in [0.05, 0.1) is 12.2 Å². The molecule has 0 spiro atoms. The SMILES string of the molecule is Cc1ccc(CN2C(=O)COc3ccc(C(C)N)cc32)cc1. The van der Waals surface area contributed by atoms with E-state index in [-0.39, 0.29) is 18.6 Å². The second-order valence-electron chi connectivity index (χ2n) is 5.77. The van der Waals surface area contributed by atoms with Gasteiger partial charge in [-0.15, -0.1) is 0 Å². The van der Waals surface area contributed by atoms with Gasteiger partial charge in [-0.2, -0.15) is 0 Å². The zero-order valence-electron chi connectivity index (χ0n) is 12.9. The molecule has 4 nitrogen and oxygen atoms in total. The van der Waals surface area contributed by atoms with Gasteiger partial charge in [-0.25, -0.2) is 0 Å². The monoisotopic (exact) mass is 296 g/mol. The van der Waals surface area contributed by atoms with Crippen LogP contribution in [-0.4, -0.2) is 12.5 Å². The number of nitrogens with two attached hydrogens (primary N) is 1. The van der Waals surface area contributed by atoms with E-state index in [9.17, 15) is 4.79 Å². The molecule has 2 N–H and O–H groups in total. The summed E-state index contributed by atoms with van der Waals surface area (Å²) in [5, 5.41) is 0. The minimum absolute atomic E-state index is 0.0325. The van der Waals surface area contributed by atoms with Crippen LogP contribution in [0.4, 0.5) is 5.69 Å². The second-order valence-corrected chi connectivity index (χ2v) is 5.77. The summed E-state index contributed by atoms with van der Waals surface area (Å²) in [5.74, 6) is 0.700. The molecule has 2 aromatic rings. The van der Waals surface area contributed by atoms with E-state index in [4.69, 9.17) is 10.5 Å². The third-order valence-electron chi connectivity index (χ3n) is 3.91. The molecule has 0 aromatic heterocycles. The van der Waals surface area contributed by atoms with Crippen molar-refractivity contribution in [2.24, 2.45) is 5.73 Å². The first-order valence-electron chi connectivity index (χ1n) is 7.43. The summed E-state index contributed by atoms with van der Waals surface area (Å²) in [6, 6.07) is 13.9. The summed E-state index contributed by atoms with van der Waals surface area (Å²) in [7, 11) is 0. The number of carbonyl (C=O) groups is 1. The predicted octanol–water partition coefficient (Wildman–Crippen LogP) is 2.94. The van der Waals surface area contributed by atoms with Crippen LogP contribution in [0.5, 0.6) is 5.75 Å². The first-order chi connectivity index (χ1) is 10.5. The molecule has 22 heavy (non-hydrogen) atoms. The third kappa shape index (κ3) is 2.83. The van der Waals surface area contributed by atoms with Gasteiger partial charge in [-0.05, 0) is 37.1 Å². The smallest absolute Gasteiger partial charge is 0.265 e. The van der Waals surface area contributed by atoms with Gasteiger partial charge in [0, 0.05) is 6.04 Å². The number of fused-ring (bicyclic) bond motifs is 1. The van der Waals surface area contributed by atoms with Crippen molar-refractivity contribution in [2.45, 2.75) is 26.4 Å². The molecule has 0 aliphatic carbocycles. The molecule has 0 radical (unpaired) electrons. The molecule has 1 aliphatic heterocycles. The fraction of sp³-hybridized carbons (Fsp3) is 0.278. The lowest BCUT2D eigenvalue weighted by atomic mass is 10.1. The average molecular weight is 296 g/mol. The van der Waals surface area contributed by atoms with Crippen molar-refractivity contribution < 1.29 is 9.53 Å². The molecule has 1 atom stereocenters. The van der Waals surface area contributed by atoms with E-state index >= 15 is 0 Å². The van der Waals surface area contributed by atoms with Crippen LogP contribution in [0.25, 0.3) is 0 Å². The number of benzene rings is 2. The van der Waals surface area contributed by atoms with Crippen molar-refractivity contribution in [3.63, 3.8) is 0 Å². The normalized spacial score (nSPS) is 15.2. The highest BCUT2D eigenvalue weighted by Gasteiger charge is 2.26. The lowest BCUT2D eigenvalue weighted by Gasteiger charge is -2.30. The van der Waals surface area contributed by atoms with E-state index in [1.807, 2.05) is 44.2 Å². The van der Waals surface area contributed by atoms with Crippen LogP contribution in [0, 0.1) is 6.92 Å². The van der Waals surface area contributed by atoms with Crippen molar-refractivity contribution in [1.29, 1.82) is 0 Å². The van der Waals surface area contributed by atoms with Crippen LogP contribution in [0.15, 0.2) is 42.5 Å². The number of carbonyl (C=O) groups excluding carboxylic acids is 1. The van der Waals surface area contributed by atoms with Gasteiger partial charge in [0.1, 0.15) is 5.75 Å². The Morgan fingerprint density at radius 2 is 1.95 bits per heavy atom. The van der Waals surface area contributed by atoms with Gasteiger partial charge < -0.3 is 15.4 Å². The Kier molecular flexibility index (Phi) is 3.86. The summed E-state index contributed by atoms with van der Waals surface area (Å²) in [5.41, 5.74) is 10.0. The van der Waals surface area contributed by atoms with Crippen molar-refractivity contribution >= 4 is 11.6 Å². The van der Waals surface area contributed by atoms with E-state index in [2.05, 4.69) is 12.1 Å². The van der Waals surface area contributed by atoms with Crippen LogP contribution < -0.4 is 15.4 Å². The van der Waals surface area contributed by atoms with Gasteiger partial charge in [0.15, 0.2) is 6.61 Å². The number of hydrogen-bond donors (Lipinski definition) is 1. The molecule has 4 heteroatoms. The van der Waals surface area contributed by atoms with Crippen molar-refractivity contribution in [2.75, 3.05) is 11.5 Å². The predicted molar refractivity (Wildman–Crippen MR) is 86.9 cm³/mol. The number of hydrogen-bond acceptors (Lipinski definition) is 3. The standard InChI is InChI=1S/C18H20N2O2/c1-12-3-5-14(6-4-12)10-20-16-9-15(13(2)19)7-8-17(16)22-11-18(20)21/h3-9,13H,10-11,19H2,1-2H3. The molecule has 0 saturated heterocycles. The van der Waals surface area contributed by atoms with Crippen molar-refractivity contribution in [1.82, 2.24) is 0 Å². The highest BCUT2D eigenvalue weighted by Crippen LogP contribution is 2.35. The molecule has 0 fully saturated rings. The fourth-order valence-corrected chi connectivity index (χ4v) is 2.55. The molecule has 1 amide bonds. The number of anilines is 1. The first kappa shape index (κ1) is 14.6. The Labute approximate surface area is 130 Å². The Balaban J connectivity index is 1.95. The first-order valence-corrected chi connectivity index (χ1v) is 7.43. The zero-order valence-corrected chi connectivity index (χ0v) is 12.9. The van der Waals surface area contributed by atoms with E-state index < -0.39 is 0 Å². The Morgan fingerprint density at radius 3 is 2.64 bits per heavy atom. The number of aryl methyl sites for hydroxylation is 1. The topological polar surface area (TPSA) is 55.6 Å². The van der Waals surface area contributed by atoms with Crippen LogP contribution in [0.3, 0.4) is 0 Å². The van der Waals surface area contributed by atoms with E-state index in [0.29, 0.717) is 6.54 Å². The van der Waals surface area contributed by atoms with Crippen LogP contribution in [0.2, 0.25) is 0 Å². The third-order valence-corrected chi connectivity index (χ3v) is 3.91. The Hall–Kier alpha value is -2.33. The quantitative estimate of drug-likeness (QED) is 0.947. The number of rotatable bonds is 3. The molecular weight excluding hydrogens is 276 g/mol. The zero-order chi connectivity index (χ0) is 15.7. The van der Waals surface area contributed by atoms with Crippen LogP contribution >= 0.6 is 0 Å². The molecule has 0 bridgehead atoms. The molecule has 0 saturated carbocycles. The molecular formula is C18H20N2O2. The lowest BCUT2D eigenvalue weighted by Crippen LogP contribution is -2.38. The van der Waals surface area contributed by atoms with Crippen LogP contribution in [0.1, 0.15) is 29.7 Å². The maximum Gasteiger partial charge on any atom is 0.265 e. The highest BCUT2D eigenvalue weighted by atomic mass is 16.5. The number of nitrogens with zero attached hydrogens (tertiary/aromatic N) is 1. The van der Waals surface area contributed by atoms with Crippen LogP contribution in [-0.2, 0) is 11.3 Å². The largest absolute Gasteiger partial charge is 0.482 e. The highest BCUT2D eigenvalue weighted by molar-refractivity contribution is 5.97. The van der Waals surface area contributed by atoms with E-state index in [0.717, 1.165) is 22.6 Å². The molecule has 3 rings (SSSR count).